The summed E-state index contributed by atoms with van der Waals surface area (Å²) in [5.41, 5.74) is 2.51. The van der Waals surface area contributed by atoms with Gasteiger partial charge in [-0.05, 0) is 29.4 Å². The molecule has 5 heteroatoms. The lowest BCUT2D eigenvalue weighted by Crippen LogP contribution is -2.25. The highest BCUT2D eigenvalue weighted by Gasteiger charge is 2.30. The second kappa shape index (κ2) is 4.31. The number of nitrogens with one attached hydrogen (secondary N) is 1. The molecule has 18 heavy (non-hydrogen) atoms. The zero-order valence-corrected chi connectivity index (χ0v) is 10.7. The molecule has 1 aromatic rings. The second-order valence-corrected chi connectivity index (χ2v) is 5.15. The lowest BCUT2D eigenvalue weighted by Gasteiger charge is -2.17. The van der Waals surface area contributed by atoms with Crippen LogP contribution in [0.4, 0.5) is 5.69 Å². The van der Waals surface area contributed by atoms with E-state index in [4.69, 9.17) is 0 Å². The molecule has 0 bridgehead atoms. The number of benzene rings is 1. The smallest absolute Gasteiger partial charge is 0.251 e. The summed E-state index contributed by atoms with van der Waals surface area (Å²) in [6.45, 7) is 1.28. The molecule has 1 atom stereocenters. The molecule has 1 fully saturated rings. The van der Waals surface area contributed by atoms with Crippen LogP contribution >= 0.6 is 12.6 Å². The number of carbonyl (C=O) groups excluding carboxylic acids is 2. The maximum absolute atomic E-state index is 11.9. The average molecular weight is 262 g/mol. The molecule has 2 aliphatic rings. The molecule has 2 amide bonds. The van der Waals surface area contributed by atoms with Gasteiger partial charge >= 0.3 is 0 Å². The van der Waals surface area contributed by atoms with Crippen LogP contribution in [0, 0.1) is 5.92 Å². The molecule has 4 nitrogen and oxygen atoms in total. The van der Waals surface area contributed by atoms with Gasteiger partial charge in [-0.1, -0.05) is 6.07 Å². The molecule has 3 rings (SSSR count). The zero-order chi connectivity index (χ0) is 12.7. The first-order valence-electron chi connectivity index (χ1n) is 6.01. The first kappa shape index (κ1) is 11.6. The minimum atomic E-state index is -0.0516. The third-order valence-corrected chi connectivity index (χ3v) is 4.07. The number of rotatable bonds is 2. The van der Waals surface area contributed by atoms with E-state index in [9.17, 15) is 9.59 Å². The highest BCUT2D eigenvalue weighted by Crippen LogP contribution is 2.28. The predicted molar refractivity (Wildman–Crippen MR) is 71.9 cm³/mol. The van der Waals surface area contributed by atoms with E-state index in [1.54, 1.807) is 4.90 Å². The number of anilines is 1. The quantitative estimate of drug-likeness (QED) is 0.787. The zero-order valence-electron chi connectivity index (χ0n) is 9.85. The number of hydrogen-bond acceptors (Lipinski definition) is 3. The molecule has 2 heterocycles. The number of hydrogen-bond donors (Lipinski definition) is 2. The van der Waals surface area contributed by atoms with Gasteiger partial charge in [0.05, 0.1) is 0 Å². The lowest BCUT2D eigenvalue weighted by atomic mass is 10.1. The Hall–Kier alpha value is -1.49. The highest BCUT2D eigenvalue weighted by atomic mass is 32.1. The summed E-state index contributed by atoms with van der Waals surface area (Å²) < 4.78 is 0. The number of thiol groups is 1. The maximum Gasteiger partial charge on any atom is 0.251 e. The molecule has 0 aliphatic carbocycles. The van der Waals surface area contributed by atoms with E-state index in [-0.39, 0.29) is 11.8 Å². The van der Waals surface area contributed by atoms with E-state index in [1.165, 1.54) is 0 Å². The highest BCUT2D eigenvalue weighted by molar-refractivity contribution is 7.80. The normalized spacial score (nSPS) is 22.3. The van der Waals surface area contributed by atoms with Crippen LogP contribution in [0.2, 0.25) is 0 Å². The largest absolute Gasteiger partial charge is 0.348 e. The van der Waals surface area contributed by atoms with Crippen molar-refractivity contribution >= 4 is 30.1 Å². The molecule has 1 aromatic carbocycles. The van der Waals surface area contributed by atoms with Gasteiger partial charge < -0.3 is 10.2 Å². The number of fused-ring (bicyclic) bond motifs is 1. The van der Waals surface area contributed by atoms with Crippen molar-refractivity contribution in [1.82, 2.24) is 5.32 Å². The molecule has 0 spiro atoms. The van der Waals surface area contributed by atoms with Crippen molar-refractivity contribution < 1.29 is 9.59 Å². The van der Waals surface area contributed by atoms with E-state index in [0.29, 0.717) is 36.7 Å². The predicted octanol–water partition coefficient (Wildman–Crippen LogP) is 1.21. The van der Waals surface area contributed by atoms with Crippen molar-refractivity contribution in [2.45, 2.75) is 13.0 Å². The molecular formula is C13H14N2O2S. The van der Waals surface area contributed by atoms with E-state index in [1.807, 2.05) is 18.2 Å². The van der Waals surface area contributed by atoms with Crippen LogP contribution in [0.5, 0.6) is 0 Å². The Morgan fingerprint density at radius 3 is 2.94 bits per heavy atom. The van der Waals surface area contributed by atoms with Crippen LogP contribution in [-0.2, 0) is 11.3 Å². The fourth-order valence-corrected chi connectivity index (χ4v) is 2.77. The van der Waals surface area contributed by atoms with Crippen LogP contribution in [0.15, 0.2) is 18.2 Å². The van der Waals surface area contributed by atoms with Crippen LogP contribution in [0.1, 0.15) is 22.3 Å². The Morgan fingerprint density at radius 2 is 2.22 bits per heavy atom. The summed E-state index contributed by atoms with van der Waals surface area (Å²) in [4.78, 5) is 25.3. The van der Waals surface area contributed by atoms with Crippen LogP contribution in [0.3, 0.4) is 0 Å². The van der Waals surface area contributed by atoms with Gasteiger partial charge in [0, 0.05) is 30.8 Å². The third kappa shape index (κ3) is 1.79. The van der Waals surface area contributed by atoms with Gasteiger partial charge in [-0.3, -0.25) is 9.59 Å². The Balaban J connectivity index is 1.92. The molecule has 0 radical (unpaired) electrons. The van der Waals surface area contributed by atoms with Crippen molar-refractivity contribution in [3.8, 4) is 0 Å². The Bertz CT molecular complexity index is 530. The monoisotopic (exact) mass is 262 g/mol. The van der Waals surface area contributed by atoms with Crippen LogP contribution in [0.25, 0.3) is 0 Å². The molecule has 0 aromatic heterocycles. The van der Waals surface area contributed by atoms with Crippen molar-refractivity contribution in [1.29, 1.82) is 0 Å². The van der Waals surface area contributed by atoms with Crippen LogP contribution < -0.4 is 10.2 Å². The summed E-state index contributed by atoms with van der Waals surface area (Å²) >= 11 is 4.25. The van der Waals surface area contributed by atoms with Gasteiger partial charge in [0.25, 0.3) is 5.91 Å². The molecular weight excluding hydrogens is 248 g/mol. The van der Waals surface area contributed by atoms with Gasteiger partial charge in [-0.25, -0.2) is 0 Å². The standard InChI is InChI=1S/C13H14N2O2S/c16-12-3-8(7-18)6-15(12)10-2-1-9-5-14-13(17)11(9)4-10/h1-2,4,8,18H,3,5-7H2,(H,14,17). The van der Waals surface area contributed by atoms with E-state index in [0.717, 1.165) is 11.3 Å². The Labute approximate surface area is 111 Å². The van der Waals surface area contributed by atoms with Gasteiger partial charge in [-0.2, -0.15) is 12.6 Å². The van der Waals surface area contributed by atoms with Crippen molar-refractivity contribution in [3.05, 3.63) is 29.3 Å². The van der Waals surface area contributed by atoms with Gasteiger partial charge in [0.1, 0.15) is 0 Å². The Morgan fingerprint density at radius 1 is 1.39 bits per heavy atom. The summed E-state index contributed by atoms with van der Waals surface area (Å²) in [7, 11) is 0. The van der Waals surface area contributed by atoms with E-state index in [2.05, 4.69) is 17.9 Å². The number of amides is 2. The average Bonchev–Trinajstić information content (AvgIpc) is 2.93. The molecule has 0 saturated carbocycles. The first-order valence-corrected chi connectivity index (χ1v) is 6.64. The summed E-state index contributed by atoms with van der Waals surface area (Å²) in [5, 5.41) is 2.78. The molecule has 94 valence electrons. The van der Waals surface area contributed by atoms with E-state index >= 15 is 0 Å². The summed E-state index contributed by atoms with van der Waals surface area (Å²) in [6, 6.07) is 5.65. The van der Waals surface area contributed by atoms with Crippen LogP contribution in [-0.4, -0.2) is 24.1 Å². The van der Waals surface area contributed by atoms with Crippen molar-refractivity contribution in [2.24, 2.45) is 5.92 Å². The number of nitrogens with zero attached hydrogens (tertiary/aromatic N) is 1. The third-order valence-electron chi connectivity index (χ3n) is 3.55. The Kier molecular flexibility index (Phi) is 2.78. The van der Waals surface area contributed by atoms with Gasteiger partial charge in [0.2, 0.25) is 5.91 Å². The maximum atomic E-state index is 11.9. The van der Waals surface area contributed by atoms with Crippen molar-refractivity contribution in [3.63, 3.8) is 0 Å². The minimum Gasteiger partial charge on any atom is -0.348 e. The lowest BCUT2D eigenvalue weighted by molar-refractivity contribution is -0.117. The summed E-state index contributed by atoms with van der Waals surface area (Å²) in [6.07, 6.45) is 0.548. The fourth-order valence-electron chi connectivity index (χ4n) is 2.52. The summed E-state index contributed by atoms with van der Waals surface area (Å²) in [5.74, 6) is 1.09. The van der Waals surface area contributed by atoms with Gasteiger partial charge in [0.15, 0.2) is 0 Å². The molecule has 2 aliphatic heterocycles. The molecule has 1 N–H and O–H groups in total. The van der Waals surface area contributed by atoms with E-state index < -0.39 is 0 Å². The molecule has 1 saturated heterocycles. The SMILES string of the molecule is O=C1NCc2ccc(N3CC(CS)CC3=O)cc21. The fraction of sp³-hybridized carbons (Fsp3) is 0.385. The molecule has 1 unspecified atom stereocenters. The minimum absolute atomic E-state index is 0.0516. The number of carbonyl (C=O) groups is 2. The van der Waals surface area contributed by atoms with Gasteiger partial charge in [-0.15, -0.1) is 0 Å². The van der Waals surface area contributed by atoms with Crippen molar-refractivity contribution in [2.75, 3.05) is 17.2 Å². The second-order valence-electron chi connectivity index (χ2n) is 4.78. The first-order chi connectivity index (χ1) is 8.69. The topological polar surface area (TPSA) is 49.4 Å².